The van der Waals surface area contributed by atoms with Gasteiger partial charge in [0.1, 0.15) is 5.82 Å². The standard InChI is InChI=1S/C33H44N6O2/c1-21-10-11-23(18-24(21)19-38-17-16-34-29(38)20-39-25-8-7-9-26(39)13-12-25)30(33(3,4)32(40)41)27-14-15-28-31(22(27)2)35-37(6)36(28)5/h10-11,14-18,25-26,30,35H,7-9,12-13,19-20H2,1-6H3,(H,40,41). The van der Waals surface area contributed by atoms with E-state index < -0.39 is 11.4 Å². The molecule has 218 valence electrons. The van der Waals surface area contributed by atoms with E-state index in [0.29, 0.717) is 12.1 Å². The molecule has 0 amide bonds. The number of hydrazine groups is 2. The van der Waals surface area contributed by atoms with Gasteiger partial charge in [-0.3, -0.25) is 20.1 Å². The van der Waals surface area contributed by atoms with Gasteiger partial charge in [-0.05, 0) is 87.3 Å². The van der Waals surface area contributed by atoms with E-state index in [1.165, 1.54) is 43.2 Å². The molecule has 0 saturated carbocycles. The Morgan fingerprint density at radius 2 is 1.80 bits per heavy atom. The lowest BCUT2D eigenvalue weighted by atomic mass is 9.69. The number of carboxylic acid groups (broad SMARTS) is 1. The first kappa shape index (κ1) is 27.8. The molecule has 2 saturated heterocycles. The Morgan fingerprint density at radius 3 is 2.51 bits per heavy atom. The molecule has 3 atom stereocenters. The summed E-state index contributed by atoms with van der Waals surface area (Å²) in [6.45, 7) is 9.56. The summed E-state index contributed by atoms with van der Waals surface area (Å²) in [6.07, 6.45) is 10.6. The smallest absolute Gasteiger partial charge is 0.310 e. The minimum atomic E-state index is -1.02. The van der Waals surface area contributed by atoms with E-state index in [2.05, 4.69) is 70.3 Å². The van der Waals surface area contributed by atoms with Crippen molar-refractivity contribution >= 4 is 17.3 Å². The summed E-state index contributed by atoms with van der Waals surface area (Å²) in [7, 11) is 3.99. The number of hydrogen-bond acceptors (Lipinski definition) is 6. The number of fused-ring (bicyclic) bond motifs is 3. The fourth-order valence-electron chi connectivity index (χ4n) is 7.45. The Morgan fingerprint density at radius 1 is 1.07 bits per heavy atom. The molecule has 41 heavy (non-hydrogen) atoms. The highest BCUT2D eigenvalue weighted by atomic mass is 16.4. The average molecular weight is 557 g/mol. The zero-order chi connectivity index (χ0) is 29.1. The summed E-state index contributed by atoms with van der Waals surface area (Å²) in [6, 6.07) is 12.1. The Balaban J connectivity index is 1.35. The largest absolute Gasteiger partial charge is 0.481 e. The van der Waals surface area contributed by atoms with Crippen LogP contribution in [0.2, 0.25) is 0 Å². The quantitative estimate of drug-likeness (QED) is 0.356. The highest BCUT2D eigenvalue weighted by Gasteiger charge is 2.41. The number of imidazole rings is 1. The van der Waals surface area contributed by atoms with Crippen molar-refractivity contribution in [2.24, 2.45) is 5.41 Å². The molecule has 8 heteroatoms. The maximum Gasteiger partial charge on any atom is 0.310 e. The predicted molar refractivity (Wildman–Crippen MR) is 163 cm³/mol. The van der Waals surface area contributed by atoms with Crippen LogP contribution in [0.1, 0.15) is 85.5 Å². The van der Waals surface area contributed by atoms with E-state index in [-0.39, 0.29) is 5.92 Å². The summed E-state index contributed by atoms with van der Waals surface area (Å²) in [5, 5.41) is 14.4. The second-order valence-electron chi connectivity index (χ2n) is 12.9. The van der Waals surface area contributed by atoms with Crippen molar-refractivity contribution in [2.45, 2.75) is 90.9 Å². The fraction of sp³-hybridized carbons (Fsp3) is 0.515. The lowest BCUT2D eigenvalue weighted by Gasteiger charge is -2.34. The third-order valence-electron chi connectivity index (χ3n) is 10.2. The normalized spacial score (nSPS) is 21.7. The summed E-state index contributed by atoms with van der Waals surface area (Å²) in [5.74, 6) is -0.0153. The summed E-state index contributed by atoms with van der Waals surface area (Å²) < 4.78 is 2.29. The van der Waals surface area contributed by atoms with Gasteiger partial charge in [-0.2, -0.15) is 0 Å². The van der Waals surface area contributed by atoms with Crippen LogP contribution in [-0.4, -0.2) is 56.8 Å². The molecule has 3 aromatic rings. The number of carbonyl (C=O) groups is 1. The van der Waals surface area contributed by atoms with Gasteiger partial charge in [0.25, 0.3) is 0 Å². The molecule has 2 bridgehead atoms. The number of piperidine rings is 1. The predicted octanol–water partition coefficient (Wildman–Crippen LogP) is 5.93. The monoisotopic (exact) mass is 556 g/mol. The van der Waals surface area contributed by atoms with Crippen LogP contribution in [-0.2, 0) is 17.9 Å². The molecule has 3 aliphatic heterocycles. The highest BCUT2D eigenvalue weighted by Crippen LogP contribution is 2.47. The van der Waals surface area contributed by atoms with Crippen molar-refractivity contribution in [3.63, 3.8) is 0 Å². The molecule has 8 nitrogen and oxygen atoms in total. The molecule has 6 rings (SSSR count). The average Bonchev–Trinajstić information content (AvgIpc) is 3.55. The Hall–Kier alpha value is -3.36. The van der Waals surface area contributed by atoms with Gasteiger partial charge >= 0.3 is 5.97 Å². The second-order valence-corrected chi connectivity index (χ2v) is 12.9. The summed E-state index contributed by atoms with van der Waals surface area (Å²) in [4.78, 5) is 20.2. The number of nitrogens with zero attached hydrogens (tertiary/aromatic N) is 5. The van der Waals surface area contributed by atoms with Gasteiger partial charge in [0, 0.05) is 51.0 Å². The minimum absolute atomic E-state index is 0.325. The third-order valence-corrected chi connectivity index (χ3v) is 10.2. The SMILES string of the molecule is Cc1ccc(C(c2ccc3c(c2C)NN(C)N3C)C(C)(C)C(=O)O)cc1Cn1ccnc1CN1C2CCCC1CC2. The summed E-state index contributed by atoms with van der Waals surface area (Å²) >= 11 is 0. The number of hydrogen-bond donors (Lipinski definition) is 2. The molecule has 3 aliphatic rings. The van der Waals surface area contributed by atoms with E-state index in [4.69, 9.17) is 4.98 Å². The zero-order valence-corrected chi connectivity index (χ0v) is 25.3. The maximum absolute atomic E-state index is 12.7. The van der Waals surface area contributed by atoms with E-state index in [0.717, 1.165) is 47.0 Å². The molecule has 1 aromatic heterocycles. The molecule has 3 unspecified atom stereocenters. The van der Waals surface area contributed by atoms with Gasteiger partial charge < -0.3 is 9.67 Å². The van der Waals surface area contributed by atoms with Gasteiger partial charge in [0.15, 0.2) is 0 Å². The third kappa shape index (κ3) is 4.81. The molecule has 4 heterocycles. The van der Waals surface area contributed by atoms with Crippen molar-refractivity contribution in [3.8, 4) is 0 Å². The van der Waals surface area contributed by atoms with Crippen molar-refractivity contribution in [3.05, 3.63) is 76.4 Å². The second kappa shape index (κ2) is 10.5. The molecular weight excluding hydrogens is 512 g/mol. The van der Waals surface area contributed by atoms with Crippen LogP contribution in [0.25, 0.3) is 0 Å². The van der Waals surface area contributed by atoms with Crippen LogP contribution < -0.4 is 10.4 Å². The van der Waals surface area contributed by atoms with Crippen molar-refractivity contribution in [1.82, 2.24) is 19.6 Å². The number of aromatic nitrogens is 2. The Labute approximate surface area is 243 Å². The number of anilines is 2. The van der Waals surface area contributed by atoms with Gasteiger partial charge in [-0.25, -0.2) is 4.98 Å². The minimum Gasteiger partial charge on any atom is -0.481 e. The van der Waals surface area contributed by atoms with Crippen LogP contribution in [0.15, 0.2) is 42.7 Å². The molecular formula is C33H44N6O2. The van der Waals surface area contributed by atoms with Crippen LogP contribution in [0.5, 0.6) is 0 Å². The van der Waals surface area contributed by atoms with Crippen LogP contribution in [0.3, 0.4) is 0 Å². The maximum atomic E-state index is 12.7. The number of benzene rings is 2. The van der Waals surface area contributed by atoms with Gasteiger partial charge in [0.05, 0.1) is 23.3 Å². The van der Waals surface area contributed by atoms with E-state index >= 15 is 0 Å². The molecule has 0 aliphatic carbocycles. The number of carboxylic acids is 1. The highest BCUT2D eigenvalue weighted by molar-refractivity contribution is 5.80. The van der Waals surface area contributed by atoms with Crippen molar-refractivity contribution in [2.75, 3.05) is 24.5 Å². The number of aryl methyl sites for hydroxylation is 1. The van der Waals surface area contributed by atoms with Crippen molar-refractivity contribution in [1.29, 1.82) is 0 Å². The lowest BCUT2D eigenvalue weighted by molar-refractivity contribution is -0.147. The first-order chi connectivity index (χ1) is 19.6. The fourth-order valence-corrected chi connectivity index (χ4v) is 7.45. The number of nitrogens with one attached hydrogen (secondary N) is 1. The Bertz CT molecular complexity index is 1450. The first-order valence-electron chi connectivity index (χ1n) is 15.0. The lowest BCUT2D eigenvalue weighted by Crippen LogP contribution is -2.39. The Kier molecular flexibility index (Phi) is 7.10. The topological polar surface area (TPSA) is 76.9 Å². The van der Waals surface area contributed by atoms with E-state index in [1.54, 1.807) is 0 Å². The number of rotatable bonds is 8. The molecule has 2 N–H and O–H groups in total. The molecule has 2 aromatic carbocycles. The van der Waals surface area contributed by atoms with Gasteiger partial charge in [0.2, 0.25) is 0 Å². The van der Waals surface area contributed by atoms with Crippen LogP contribution in [0.4, 0.5) is 11.4 Å². The van der Waals surface area contributed by atoms with Gasteiger partial charge in [-0.15, -0.1) is 5.12 Å². The first-order valence-corrected chi connectivity index (χ1v) is 15.0. The van der Waals surface area contributed by atoms with Gasteiger partial charge in [-0.1, -0.05) is 30.7 Å². The zero-order valence-electron chi connectivity index (χ0n) is 25.3. The van der Waals surface area contributed by atoms with E-state index in [9.17, 15) is 9.90 Å². The molecule has 0 spiro atoms. The van der Waals surface area contributed by atoms with Crippen LogP contribution in [0, 0.1) is 19.3 Å². The van der Waals surface area contributed by atoms with Crippen LogP contribution >= 0.6 is 0 Å². The summed E-state index contributed by atoms with van der Waals surface area (Å²) in [5.41, 5.74) is 10.1. The van der Waals surface area contributed by atoms with Crippen molar-refractivity contribution < 1.29 is 9.90 Å². The number of aliphatic carboxylic acids is 1. The molecule has 2 fully saturated rings. The molecule has 0 radical (unpaired) electrons. The van der Waals surface area contributed by atoms with E-state index in [1.807, 2.05) is 39.3 Å².